The molecule has 1 aromatic heterocycles. The van der Waals surface area contributed by atoms with E-state index in [9.17, 15) is 4.79 Å². The normalized spacial score (nSPS) is 15.4. The molecule has 0 saturated heterocycles. The summed E-state index contributed by atoms with van der Waals surface area (Å²) in [6, 6.07) is 6.47. The van der Waals surface area contributed by atoms with E-state index in [4.69, 9.17) is 0 Å². The molecule has 2 heterocycles. The van der Waals surface area contributed by atoms with Crippen molar-refractivity contribution in [3.8, 4) is 0 Å². The van der Waals surface area contributed by atoms with Crippen LogP contribution < -0.4 is 10.6 Å². The number of benzene rings is 1. The third-order valence-corrected chi connectivity index (χ3v) is 4.89. The summed E-state index contributed by atoms with van der Waals surface area (Å²) in [6.07, 6.45) is 0.921. The molecule has 1 amide bonds. The highest BCUT2D eigenvalue weighted by atomic mass is 32.1. The van der Waals surface area contributed by atoms with E-state index in [0.29, 0.717) is 0 Å². The Morgan fingerprint density at radius 2 is 2.24 bits per heavy atom. The second-order valence-corrected chi connectivity index (χ2v) is 6.17. The largest absolute Gasteiger partial charge is 0.352 e. The van der Waals surface area contributed by atoms with Gasteiger partial charge in [0.1, 0.15) is 0 Å². The van der Waals surface area contributed by atoms with E-state index in [1.807, 2.05) is 6.07 Å². The Hall–Kier alpha value is -1.65. The molecule has 1 aliphatic rings. The Morgan fingerprint density at radius 3 is 2.95 bits per heavy atom. The summed E-state index contributed by atoms with van der Waals surface area (Å²) < 4.78 is 0. The molecule has 0 spiro atoms. The van der Waals surface area contributed by atoms with E-state index < -0.39 is 0 Å². The van der Waals surface area contributed by atoms with Crippen molar-refractivity contribution in [1.82, 2.24) is 10.6 Å². The number of hydrogen-bond donors (Lipinski definition) is 2. The van der Waals surface area contributed by atoms with Gasteiger partial charge in [-0.1, -0.05) is 19.1 Å². The van der Waals surface area contributed by atoms with Gasteiger partial charge in [-0.25, -0.2) is 0 Å². The second kappa shape index (κ2) is 6.00. The van der Waals surface area contributed by atoms with Gasteiger partial charge in [0.05, 0.1) is 6.04 Å². The molecule has 110 valence electrons. The van der Waals surface area contributed by atoms with Crippen LogP contribution in [-0.4, -0.2) is 19.0 Å². The van der Waals surface area contributed by atoms with Gasteiger partial charge in [-0.05, 0) is 59.0 Å². The number of fused-ring (bicyclic) bond motifs is 1. The number of rotatable bonds is 4. The summed E-state index contributed by atoms with van der Waals surface area (Å²) in [5, 5.41) is 10.8. The lowest BCUT2D eigenvalue weighted by molar-refractivity contribution is 0.0946. The molecular formula is C17H20N2OS. The molecule has 2 aromatic rings. The van der Waals surface area contributed by atoms with Crippen LogP contribution in [0.1, 0.15) is 45.6 Å². The van der Waals surface area contributed by atoms with Gasteiger partial charge in [0, 0.05) is 12.1 Å². The molecule has 1 aliphatic heterocycles. The van der Waals surface area contributed by atoms with Crippen LogP contribution in [0.5, 0.6) is 0 Å². The van der Waals surface area contributed by atoms with Gasteiger partial charge in [0.25, 0.3) is 5.91 Å². The molecule has 0 bridgehead atoms. The minimum Gasteiger partial charge on any atom is -0.352 e. The van der Waals surface area contributed by atoms with Crippen LogP contribution in [0.25, 0.3) is 0 Å². The zero-order chi connectivity index (χ0) is 14.8. The van der Waals surface area contributed by atoms with Crippen LogP contribution in [0.3, 0.4) is 0 Å². The van der Waals surface area contributed by atoms with Crippen LogP contribution in [0.2, 0.25) is 0 Å². The summed E-state index contributed by atoms with van der Waals surface area (Å²) in [4.78, 5) is 12.0. The van der Waals surface area contributed by atoms with Gasteiger partial charge in [-0.15, -0.1) is 0 Å². The summed E-state index contributed by atoms with van der Waals surface area (Å²) in [5.74, 6) is 0.0513. The third kappa shape index (κ3) is 2.74. The maximum absolute atomic E-state index is 12.0. The third-order valence-electron chi connectivity index (χ3n) is 4.01. The zero-order valence-corrected chi connectivity index (χ0v) is 13.2. The van der Waals surface area contributed by atoms with Crippen LogP contribution >= 0.6 is 11.3 Å². The molecule has 3 nitrogen and oxygen atoms in total. The smallest absolute Gasteiger partial charge is 0.251 e. The Bertz CT molecular complexity index is 663. The van der Waals surface area contributed by atoms with Crippen LogP contribution in [0.4, 0.5) is 0 Å². The van der Waals surface area contributed by atoms with E-state index >= 15 is 0 Å². The van der Waals surface area contributed by atoms with Crippen molar-refractivity contribution in [3.63, 3.8) is 0 Å². The molecule has 1 atom stereocenters. The van der Waals surface area contributed by atoms with E-state index in [1.54, 1.807) is 11.3 Å². The number of thiophene rings is 1. The van der Waals surface area contributed by atoms with E-state index in [0.717, 1.165) is 36.2 Å². The number of amides is 1. The lowest BCUT2D eigenvalue weighted by Crippen LogP contribution is -2.32. The predicted octanol–water partition coefficient (Wildman–Crippen LogP) is 3.04. The number of carbonyl (C=O) groups excluding carboxylic acids is 1. The minimum atomic E-state index is 0.0513. The predicted molar refractivity (Wildman–Crippen MR) is 87.1 cm³/mol. The van der Waals surface area contributed by atoms with Gasteiger partial charge < -0.3 is 10.6 Å². The number of aryl methyl sites for hydroxylation is 1. The first kappa shape index (κ1) is 14.3. The molecule has 0 aliphatic carbocycles. The average molecular weight is 300 g/mol. The van der Waals surface area contributed by atoms with Gasteiger partial charge in [0.2, 0.25) is 0 Å². The van der Waals surface area contributed by atoms with Crippen molar-refractivity contribution in [3.05, 3.63) is 56.8 Å². The standard InChI is InChI=1S/C17H20N2OS/c1-3-18-16(15-10-21-9-11(15)2)13-5-4-12-6-7-19-17(20)14(12)8-13/h4-5,8-10,16,18H,3,6-7H2,1-2H3,(H,19,20). The van der Waals surface area contributed by atoms with Crippen LogP contribution in [0, 0.1) is 6.92 Å². The Labute approximate surface area is 129 Å². The van der Waals surface area contributed by atoms with Crippen molar-refractivity contribution in [1.29, 1.82) is 0 Å². The van der Waals surface area contributed by atoms with Crippen molar-refractivity contribution >= 4 is 17.2 Å². The summed E-state index contributed by atoms with van der Waals surface area (Å²) in [5.41, 5.74) is 5.75. The summed E-state index contributed by atoms with van der Waals surface area (Å²) >= 11 is 1.73. The molecule has 0 fully saturated rings. The van der Waals surface area contributed by atoms with Crippen molar-refractivity contribution < 1.29 is 4.79 Å². The summed E-state index contributed by atoms with van der Waals surface area (Å²) in [6.45, 7) is 5.88. The first-order chi connectivity index (χ1) is 10.2. The highest BCUT2D eigenvalue weighted by Gasteiger charge is 2.21. The van der Waals surface area contributed by atoms with Gasteiger partial charge in [-0.2, -0.15) is 11.3 Å². The fourth-order valence-electron chi connectivity index (χ4n) is 2.89. The first-order valence-electron chi connectivity index (χ1n) is 7.37. The Morgan fingerprint density at radius 1 is 1.38 bits per heavy atom. The topological polar surface area (TPSA) is 41.1 Å². The molecule has 3 rings (SSSR count). The molecule has 1 unspecified atom stereocenters. The highest BCUT2D eigenvalue weighted by Crippen LogP contribution is 2.29. The van der Waals surface area contributed by atoms with Crippen molar-refractivity contribution in [2.24, 2.45) is 0 Å². The van der Waals surface area contributed by atoms with Crippen LogP contribution in [-0.2, 0) is 6.42 Å². The molecule has 2 N–H and O–H groups in total. The molecule has 21 heavy (non-hydrogen) atoms. The number of carbonyl (C=O) groups is 1. The van der Waals surface area contributed by atoms with E-state index in [1.165, 1.54) is 11.1 Å². The highest BCUT2D eigenvalue weighted by molar-refractivity contribution is 7.08. The lowest BCUT2D eigenvalue weighted by Gasteiger charge is -2.22. The maximum Gasteiger partial charge on any atom is 0.251 e. The van der Waals surface area contributed by atoms with Crippen LogP contribution in [0.15, 0.2) is 29.0 Å². The fraction of sp³-hybridized carbons (Fsp3) is 0.353. The van der Waals surface area contributed by atoms with Gasteiger partial charge >= 0.3 is 0 Å². The molecular weight excluding hydrogens is 280 g/mol. The number of hydrogen-bond acceptors (Lipinski definition) is 3. The first-order valence-corrected chi connectivity index (χ1v) is 8.32. The SMILES string of the molecule is CCNC(c1ccc2c(c1)C(=O)NCC2)c1cscc1C. The Balaban J connectivity index is 2.02. The van der Waals surface area contributed by atoms with Gasteiger partial charge in [0.15, 0.2) is 0 Å². The number of nitrogens with one attached hydrogen (secondary N) is 2. The average Bonchev–Trinajstić information content (AvgIpc) is 2.91. The fourth-order valence-corrected chi connectivity index (χ4v) is 3.76. The molecule has 0 saturated carbocycles. The monoisotopic (exact) mass is 300 g/mol. The van der Waals surface area contributed by atoms with E-state index in [-0.39, 0.29) is 11.9 Å². The maximum atomic E-state index is 12.0. The quantitative estimate of drug-likeness (QED) is 0.911. The second-order valence-electron chi connectivity index (χ2n) is 5.42. The lowest BCUT2D eigenvalue weighted by atomic mass is 9.92. The Kier molecular flexibility index (Phi) is 4.08. The minimum absolute atomic E-state index is 0.0513. The van der Waals surface area contributed by atoms with E-state index in [2.05, 4.69) is 47.4 Å². The van der Waals surface area contributed by atoms with Gasteiger partial charge in [-0.3, -0.25) is 4.79 Å². The zero-order valence-electron chi connectivity index (χ0n) is 12.4. The summed E-state index contributed by atoms with van der Waals surface area (Å²) in [7, 11) is 0. The molecule has 1 aromatic carbocycles. The molecule has 4 heteroatoms. The molecule has 0 radical (unpaired) electrons. The van der Waals surface area contributed by atoms with Crippen molar-refractivity contribution in [2.75, 3.05) is 13.1 Å². The van der Waals surface area contributed by atoms with Crippen molar-refractivity contribution in [2.45, 2.75) is 26.3 Å².